The fraction of sp³-hybridized carbons (Fsp3) is 0.333. The Morgan fingerprint density at radius 2 is 1.47 bits per heavy atom. The summed E-state index contributed by atoms with van der Waals surface area (Å²) in [4.78, 5) is 0.493. The molecule has 0 heterocycles. The molecule has 3 rings (SSSR count). The molecule has 0 saturated heterocycles. The van der Waals surface area contributed by atoms with E-state index in [0.717, 1.165) is 5.92 Å². The maximum atomic E-state index is 3.87. The molecule has 0 radical (unpaired) electrons. The standard InChI is InChI=1S/C18H19Br/c1-18(2)12-16(18)17(19)15-10-8-14(9-11-15)13-6-4-3-5-7-13/h3-11,16-17H,12H2,1-2H3. The van der Waals surface area contributed by atoms with E-state index < -0.39 is 0 Å². The molecular formula is C18H19Br. The summed E-state index contributed by atoms with van der Waals surface area (Å²) in [5, 5.41) is 0. The minimum absolute atomic E-state index is 0.493. The van der Waals surface area contributed by atoms with Gasteiger partial charge in [-0.15, -0.1) is 0 Å². The Hall–Kier alpha value is -1.08. The van der Waals surface area contributed by atoms with Crippen molar-refractivity contribution in [1.82, 2.24) is 0 Å². The molecule has 0 N–H and O–H groups in total. The molecular weight excluding hydrogens is 296 g/mol. The molecule has 0 bridgehead atoms. The van der Waals surface area contributed by atoms with E-state index in [4.69, 9.17) is 0 Å². The Morgan fingerprint density at radius 3 is 2.00 bits per heavy atom. The Bertz CT molecular complexity index is 554. The maximum absolute atomic E-state index is 3.87. The predicted octanol–water partition coefficient (Wildman–Crippen LogP) is 5.84. The normalized spacial score (nSPS) is 21.9. The molecule has 1 fully saturated rings. The van der Waals surface area contributed by atoms with Gasteiger partial charge in [-0.1, -0.05) is 84.4 Å². The lowest BCUT2D eigenvalue weighted by atomic mass is 9.99. The third-order valence-electron chi connectivity index (χ3n) is 4.28. The maximum Gasteiger partial charge on any atom is 0.0428 e. The van der Waals surface area contributed by atoms with Crippen molar-refractivity contribution in [3.8, 4) is 11.1 Å². The van der Waals surface area contributed by atoms with Gasteiger partial charge in [-0.25, -0.2) is 0 Å². The van der Waals surface area contributed by atoms with Gasteiger partial charge in [0, 0.05) is 4.83 Å². The van der Waals surface area contributed by atoms with Gasteiger partial charge in [0.15, 0.2) is 0 Å². The van der Waals surface area contributed by atoms with Gasteiger partial charge in [-0.2, -0.15) is 0 Å². The van der Waals surface area contributed by atoms with Crippen molar-refractivity contribution >= 4 is 15.9 Å². The molecule has 2 unspecified atom stereocenters. The highest BCUT2D eigenvalue weighted by molar-refractivity contribution is 9.09. The largest absolute Gasteiger partial charge is 0.0836 e. The van der Waals surface area contributed by atoms with E-state index in [-0.39, 0.29) is 0 Å². The SMILES string of the molecule is CC1(C)CC1C(Br)c1ccc(-c2ccccc2)cc1. The molecule has 19 heavy (non-hydrogen) atoms. The first-order valence-corrected chi connectivity index (χ1v) is 7.79. The summed E-state index contributed by atoms with van der Waals surface area (Å²) in [5.74, 6) is 0.773. The highest BCUT2D eigenvalue weighted by Crippen LogP contribution is 2.60. The van der Waals surface area contributed by atoms with Crippen LogP contribution in [-0.4, -0.2) is 0 Å². The monoisotopic (exact) mass is 314 g/mol. The van der Waals surface area contributed by atoms with Crippen LogP contribution in [0, 0.1) is 11.3 Å². The first kappa shape index (κ1) is 12.9. The molecule has 0 aliphatic heterocycles. The van der Waals surface area contributed by atoms with Crippen LogP contribution in [0.5, 0.6) is 0 Å². The quantitative estimate of drug-likeness (QED) is 0.625. The van der Waals surface area contributed by atoms with Crippen molar-refractivity contribution in [3.05, 3.63) is 60.2 Å². The van der Waals surface area contributed by atoms with Gasteiger partial charge < -0.3 is 0 Å². The summed E-state index contributed by atoms with van der Waals surface area (Å²) in [6, 6.07) is 19.5. The number of rotatable bonds is 3. The van der Waals surface area contributed by atoms with E-state index in [9.17, 15) is 0 Å². The summed E-state index contributed by atoms with van der Waals surface area (Å²) in [6.45, 7) is 4.70. The van der Waals surface area contributed by atoms with Crippen LogP contribution in [0.4, 0.5) is 0 Å². The van der Waals surface area contributed by atoms with Crippen LogP contribution in [0.2, 0.25) is 0 Å². The molecule has 1 aliphatic rings. The molecule has 2 aromatic carbocycles. The number of benzene rings is 2. The van der Waals surface area contributed by atoms with Crippen molar-refractivity contribution in [1.29, 1.82) is 0 Å². The van der Waals surface area contributed by atoms with Crippen molar-refractivity contribution in [2.45, 2.75) is 25.1 Å². The Labute approximate surface area is 124 Å². The molecule has 98 valence electrons. The second kappa shape index (κ2) is 4.79. The van der Waals surface area contributed by atoms with Crippen LogP contribution in [-0.2, 0) is 0 Å². The van der Waals surface area contributed by atoms with Gasteiger partial charge >= 0.3 is 0 Å². The zero-order chi connectivity index (χ0) is 13.5. The number of hydrogen-bond donors (Lipinski definition) is 0. The molecule has 1 aliphatic carbocycles. The van der Waals surface area contributed by atoms with Gasteiger partial charge in [-0.05, 0) is 34.4 Å². The number of alkyl halides is 1. The van der Waals surface area contributed by atoms with E-state index >= 15 is 0 Å². The third kappa shape index (κ3) is 2.62. The smallest absolute Gasteiger partial charge is 0.0428 e. The van der Waals surface area contributed by atoms with E-state index in [1.54, 1.807) is 0 Å². The molecule has 2 atom stereocenters. The first-order valence-electron chi connectivity index (χ1n) is 6.87. The molecule has 1 heteroatoms. The fourth-order valence-corrected chi connectivity index (χ4v) is 3.94. The zero-order valence-corrected chi connectivity index (χ0v) is 13.0. The highest BCUT2D eigenvalue weighted by atomic mass is 79.9. The zero-order valence-electron chi connectivity index (χ0n) is 11.4. The lowest BCUT2D eigenvalue weighted by molar-refractivity contribution is 0.555. The van der Waals surface area contributed by atoms with Gasteiger partial charge in [-0.3, -0.25) is 0 Å². The van der Waals surface area contributed by atoms with E-state index in [1.165, 1.54) is 23.1 Å². The number of hydrogen-bond acceptors (Lipinski definition) is 0. The third-order valence-corrected chi connectivity index (χ3v) is 5.45. The average molecular weight is 315 g/mol. The lowest BCUT2D eigenvalue weighted by Crippen LogP contribution is -1.98. The minimum Gasteiger partial charge on any atom is -0.0836 e. The summed E-state index contributed by atoms with van der Waals surface area (Å²) in [5.41, 5.74) is 4.48. The molecule has 0 aromatic heterocycles. The average Bonchev–Trinajstić information content (AvgIpc) is 3.08. The predicted molar refractivity (Wildman–Crippen MR) is 85.4 cm³/mol. The van der Waals surface area contributed by atoms with Crippen LogP contribution in [0.1, 0.15) is 30.7 Å². The molecule has 2 aromatic rings. The molecule has 0 spiro atoms. The molecule has 1 saturated carbocycles. The highest BCUT2D eigenvalue weighted by Gasteiger charge is 2.49. The summed E-state index contributed by atoms with van der Waals surface area (Å²) in [7, 11) is 0. The van der Waals surface area contributed by atoms with E-state index in [1.807, 2.05) is 0 Å². The second-order valence-electron chi connectivity index (χ2n) is 6.19. The van der Waals surface area contributed by atoms with Crippen LogP contribution < -0.4 is 0 Å². The van der Waals surface area contributed by atoms with Crippen LogP contribution >= 0.6 is 15.9 Å². The van der Waals surface area contributed by atoms with Crippen molar-refractivity contribution < 1.29 is 0 Å². The Kier molecular flexibility index (Phi) is 3.26. The first-order chi connectivity index (χ1) is 9.08. The lowest BCUT2D eigenvalue weighted by Gasteiger charge is -2.13. The van der Waals surface area contributed by atoms with Crippen LogP contribution in [0.3, 0.4) is 0 Å². The van der Waals surface area contributed by atoms with Crippen molar-refractivity contribution in [3.63, 3.8) is 0 Å². The second-order valence-corrected chi connectivity index (χ2v) is 7.18. The van der Waals surface area contributed by atoms with Gasteiger partial charge in [0.25, 0.3) is 0 Å². The Balaban J connectivity index is 1.80. The minimum atomic E-state index is 0.493. The van der Waals surface area contributed by atoms with Crippen LogP contribution in [0.15, 0.2) is 54.6 Å². The van der Waals surface area contributed by atoms with Gasteiger partial charge in [0.2, 0.25) is 0 Å². The van der Waals surface area contributed by atoms with Crippen LogP contribution in [0.25, 0.3) is 11.1 Å². The summed E-state index contributed by atoms with van der Waals surface area (Å²) in [6.07, 6.45) is 1.32. The Morgan fingerprint density at radius 1 is 0.947 bits per heavy atom. The van der Waals surface area contributed by atoms with E-state index in [2.05, 4.69) is 84.4 Å². The van der Waals surface area contributed by atoms with E-state index in [0.29, 0.717) is 10.2 Å². The summed E-state index contributed by atoms with van der Waals surface area (Å²) >= 11 is 3.87. The molecule has 0 amide bonds. The molecule has 0 nitrogen and oxygen atoms in total. The topological polar surface area (TPSA) is 0 Å². The van der Waals surface area contributed by atoms with Gasteiger partial charge in [0.05, 0.1) is 0 Å². The van der Waals surface area contributed by atoms with Crippen molar-refractivity contribution in [2.75, 3.05) is 0 Å². The number of halogens is 1. The van der Waals surface area contributed by atoms with Crippen molar-refractivity contribution in [2.24, 2.45) is 11.3 Å². The fourth-order valence-electron chi connectivity index (χ4n) is 2.73. The van der Waals surface area contributed by atoms with Gasteiger partial charge in [0.1, 0.15) is 0 Å². The summed E-state index contributed by atoms with van der Waals surface area (Å²) < 4.78 is 0.